The van der Waals surface area contributed by atoms with E-state index in [9.17, 15) is 24.0 Å². The van der Waals surface area contributed by atoms with Gasteiger partial charge >= 0.3 is 6.09 Å². The van der Waals surface area contributed by atoms with E-state index in [2.05, 4.69) is 10.6 Å². The zero-order valence-corrected chi connectivity index (χ0v) is 20.6. The molecule has 5 amide bonds. The summed E-state index contributed by atoms with van der Waals surface area (Å²) in [5, 5.41) is 5.24. The summed E-state index contributed by atoms with van der Waals surface area (Å²) in [6, 6.07) is 6.75. The van der Waals surface area contributed by atoms with E-state index in [1.165, 1.54) is 4.90 Å². The lowest BCUT2D eigenvalue weighted by Gasteiger charge is -2.32. The number of piperidine rings is 1. The fourth-order valence-electron chi connectivity index (χ4n) is 4.16. The molecule has 190 valence electrons. The molecular formula is C25H34N4O6. The van der Waals surface area contributed by atoms with Crippen LogP contribution < -0.4 is 10.6 Å². The minimum absolute atomic E-state index is 0.00524. The van der Waals surface area contributed by atoms with Crippen molar-refractivity contribution < 1.29 is 28.7 Å². The second-order valence-corrected chi connectivity index (χ2v) is 9.89. The van der Waals surface area contributed by atoms with E-state index in [1.807, 2.05) is 0 Å². The smallest absolute Gasteiger partial charge is 0.408 e. The predicted molar refractivity (Wildman–Crippen MR) is 128 cm³/mol. The molecule has 2 aliphatic heterocycles. The van der Waals surface area contributed by atoms with Crippen LogP contribution in [0.4, 0.5) is 4.79 Å². The van der Waals surface area contributed by atoms with Crippen LogP contribution in [0.1, 0.15) is 67.2 Å². The Balaban J connectivity index is 1.30. The molecule has 0 aromatic heterocycles. The average Bonchev–Trinajstić information content (AvgIpc) is 3.05. The van der Waals surface area contributed by atoms with Gasteiger partial charge in [-0.25, -0.2) is 4.79 Å². The number of carbonyl (C=O) groups is 5. The van der Waals surface area contributed by atoms with Crippen molar-refractivity contribution in [3.63, 3.8) is 0 Å². The zero-order chi connectivity index (χ0) is 25.6. The van der Waals surface area contributed by atoms with Gasteiger partial charge in [0.25, 0.3) is 11.8 Å². The number of ether oxygens (including phenoxy) is 1. The van der Waals surface area contributed by atoms with Crippen molar-refractivity contribution in [2.45, 2.75) is 52.1 Å². The maximum atomic E-state index is 12.6. The highest BCUT2D eigenvalue weighted by Gasteiger charge is 2.34. The molecule has 35 heavy (non-hydrogen) atoms. The topological polar surface area (TPSA) is 125 Å². The van der Waals surface area contributed by atoms with Gasteiger partial charge in [0, 0.05) is 32.6 Å². The summed E-state index contributed by atoms with van der Waals surface area (Å²) in [5.74, 6) is -0.638. The summed E-state index contributed by atoms with van der Waals surface area (Å²) < 4.78 is 5.10. The average molecular weight is 487 g/mol. The first-order valence-corrected chi connectivity index (χ1v) is 12.0. The molecule has 0 atom stereocenters. The summed E-state index contributed by atoms with van der Waals surface area (Å²) in [6.45, 7) is 6.99. The third kappa shape index (κ3) is 7.27. The highest BCUT2D eigenvalue weighted by atomic mass is 16.6. The Morgan fingerprint density at radius 2 is 1.60 bits per heavy atom. The SMILES string of the molecule is CC(C)(C)OC(=O)NCC(=O)NCC1CCN(C(=O)CCCN2C(=O)c3ccccc3C2=O)CC1. The molecule has 2 N–H and O–H groups in total. The summed E-state index contributed by atoms with van der Waals surface area (Å²) in [4.78, 5) is 64.0. The number of likely N-dealkylation sites (tertiary alicyclic amines) is 1. The Kier molecular flexibility index (Phi) is 8.48. The van der Waals surface area contributed by atoms with E-state index in [1.54, 1.807) is 49.9 Å². The predicted octanol–water partition coefficient (Wildman–Crippen LogP) is 1.94. The number of fused-ring (bicyclic) bond motifs is 1. The molecule has 10 nitrogen and oxygen atoms in total. The molecule has 10 heteroatoms. The van der Waals surface area contributed by atoms with Gasteiger partial charge in [-0.15, -0.1) is 0 Å². The van der Waals surface area contributed by atoms with Gasteiger partial charge in [-0.3, -0.25) is 24.1 Å². The van der Waals surface area contributed by atoms with Crippen LogP contribution in [0.2, 0.25) is 0 Å². The number of alkyl carbamates (subject to hydrolysis) is 1. The van der Waals surface area contributed by atoms with E-state index in [0.29, 0.717) is 37.2 Å². The lowest BCUT2D eigenvalue weighted by atomic mass is 9.96. The second-order valence-electron chi connectivity index (χ2n) is 9.89. The number of imide groups is 1. The Bertz CT molecular complexity index is 943. The van der Waals surface area contributed by atoms with Gasteiger partial charge < -0.3 is 20.3 Å². The summed E-state index contributed by atoms with van der Waals surface area (Å²) >= 11 is 0. The monoisotopic (exact) mass is 486 g/mol. The summed E-state index contributed by atoms with van der Waals surface area (Å²) in [5.41, 5.74) is 0.207. The van der Waals surface area contributed by atoms with Gasteiger partial charge in [0.05, 0.1) is 17.7 Å². The minimum Gasteiger partial charge on any atom is -0.444 e. The highest BCUT2D eigenvalue weighted by Crippen LogP contribution is 2.23. The molecule has 3 rings (SSSR count). The van der Waals surface area contributed by atoms with E-state index in [0.717, 1.165) is 12.8 Å². The highest BCUT2D eigenvalue weighted by molar-refractivity contribution is 6.21. The zero-order valence-electron chi connectivity index (χ0n) is 20.6. The lowest BCUT2D eigenvalue weighted by molar-refractivity contribution is -0.133. The van der Waals surface area contributed by atoms with Crippen molar-refractivity contribution in [3.8, 4) is 0 Å². The van der Waals surface area contributed by atoms with Crippen molar-refractivity contribution in [3.05, 3.63) is 35.4 Å². The third-order valence-corrected chi connectivity index (χ3v) is 6.00. The van der Waals surface area contributed by atoms with Crippen LogP contribution in [0.25, 0.3) is 0 Å². The van der Waals surface area contributed by atoms with Crippen molar-refractivity contribution >= 4 is 29.7 Å². The fraction of sp³-hybridized carbons (Fsp3) is 0.560. The van der Waals surface area contributed by atoms with E-state index in [4.69, 9.17) is 4.74 Å². The number of amides is 5. The molecular weight excluding hydrogens is 452 g/mol. The first-order chi connectivity index (χ1) is 16.5. The maximum absolute atomic E-state index is 12.6. The van der Waals surface area contributed by atoms with E-state index >= 15 is 0 Å². The van der Waals surface area contributed by atoms with Crippen molar-refractivity contribution in [1.29, 1.82) is 0 Å². The Labute approximate surface area is 205 Å². The molecule has 1 saturated heterocycles. The van der Waals surface area contributed by atoms with Gasteiger partial charge in [0.2, 0.25) is 11.8 Å². The Morgan fingerprint density at radius 1 is 1.00 bits per heavy atom. The van der Waals surface area contributed by atoms with Crippen LogP contribution in [0.5, 0.6) is 0 Å². The van der Waals surface area contributed by atoms with Crippen molar-refractivity contribution in [1.82, 2.24) is 20.4 Å². The van der Waals surface area contributed by atoms with Gasteiger partial charge in [0.15, 0.2) is 0 Å². The molecule has 1 aromatic carbocycles. The Hall–Kier alpha value is -3.43. The Morgan fingerprint density at radius 3 is 2.17 bits per heavy atom. The van der Waals surface area contributed by atoms with Gasteiger partial charge in [-0.05, 0) is 58.1 Å². The molecule has 0 radical (unpaired) electrons. The minimum atomic E-state index is -0.637. The number of hydrogen-bond acceptors (Lipinski definition) is 6. The number of carbonyl (C=O) groups excluding carboxylic acids is 5. The van der Waals surface area contributed by atoms with E-state index < -0.39 is 11.7 Å². The summed E-state index contributed by atoms with van der Waals surface area (Å²) in [6.07, 6.45) is 1.59. The van der Waals surface area contributed by atoms with Gasteiger partial charge in [-0.2, -0.15) is 0 Å². The molecule has 1 aromatic rings. The molecule has 0 unspecified atom stereocenters. The molecule has 0 bridgehead atoms. The van der Waals surface area contributed by atoms with Gasteiger partial charge in [-0.1, -0.05) is 12.1 Å². The number of nitrogens with zero attached hydrogens (tertiary/aromatic N) is 2. The number of rotatable bonds is 8. The molecule has 1 fully saturated rings. The van der Waals surface area contributed by atoms with Crippen molar-refractivity contribution in [2.24, 2.45) is 5.92 Å². The second kappa shape index (κ2) is 11.3. The fourth-order valence-corrected chi connectivity index (χ4v) is 4.16. The summed E-state index contributed by atoms with van der Waals surface area (Å²) in [7, 11) is 0. The standard InChI is InChI=1S/C25H34N4O6/c1-25(2,3)35-24(34)27-16-20(30)26-15-17-10-13-28(14-11-17)21(31)9-6-12-29-22(32)18-7-4-5-8-19(18)23(29)33/h4-5,7-8,17H,6,9-16H2,1-3H3,(H,26,30)(H,27,34). The maximum Gasteiger partial charge on any atom is 0.408 e. The van der Waals surface area contributed by atoms with E-state index in [-0.39, 0.29) is 49.1 Å². The van der Waals surface area contributed by atoms with Crippen LogP contribution in [0, 0.1) is 5.92 Å². The molecule has 0 aliphatic carbocycles. The van der Waals surface area contributed by atoms with Crippen LogP contribution in [-0.4, -0.2) is 77.8 Å². The third-order valence-electron chi connectivity index (χ3n) is 6.00. The number of benzene rings is 1. The molecule has 0 saturated carbocycles. The number of hydrogen-bond donors (Lipinski definition) is 2. The lowest BCUT2D eigenvalue weighted by Crippen LogP contribution is -2.44. The first-order valence-electron chi connectivity index (χ1n) is 12.0. The quantitative estimate of drug-likeness (QED) is 0.541. The molecule has 2 aliphatic rings. The number of nitrogens with one attached hydrogen (secondary N) is 2. The molecule has 2 heterocycles. The van der Waals surface area contributed by atoms with Crippen LogP contribution in [0.15, 0.2) is 24.3 Å². The normalized spacial score (nSPS) is 16.2. The van der Waals surface area contributed by atoms with Crippen LogP contribution in [-0.2, 0) is 14.3 Å². The largest absolute Gasteiger partial charge is 0.444 e. The molecule has 0 spiro atoms. The van der Waals surface area contributed by atoms with Crippen LogP contribution in [0.3, 0.4) is 0 Å². The first kappa shape index (κ1) is 26.2. The van der Waals surface area contributed by atoms with Crippen molar-refractivity contribution in [2.75, 3.05) is 32.7 Å². The van der Waals surface area contributed by atoms with Crippen LogP contribution >= 0.6 is 0 Å². The van der Waals surface area contributed by atoms with Gasteiger partial charge in [0.1, 0.15) is 5.60 Å².